The third kappa shape index (κ3) is 2.93. The van der Waals surface area contributed by atoms with Crippen molar-refractivity contribution in [2.75, 3.05) is 25.6 Å². The van der Waals surface area contributed by atoms with Gasteiger partial charge in [-0.05, 0) is 18.6 Å². The van der Waals surface area contributed by atoms with Crippen LogP contribution in [0.5, 0.6) is 0 Å². The molecule has 1 atom stereocenters. The maximum Gasteiger partial charge on any atom is 0.249 e. The third-order valence-electron chi connectivity index (χ3n) is 3.42. The smallest absolute Gasteiger partial charge is 0.249 e. The summed E-state index contributed by atoms with van der Waals surface area (Å²) >= 11 is 0. The van der Waals surface area contributed by atoms with Gasteiger partial charge < -0.3 is 4.90 Å². The van der Waals surface area contributed by atoms with E-state index in [1.807, 2.05) is 30.3 Å². The summed E-state index contributed by atoms with van der Waals surface area (Å²) in [5, 5.41) is 1.19. The molecule has 19 heavy (non-hydrogen) atoms. The molecule has 1 fully saturated rings. The van der Waals surface area contributed by atoms with Crippen molar-refractivity contribution in [2.45, 2.75) is 12.8 Å². The highest BCUT2D eigenvalue weighted by Crippen LogP contribution is 2.25. The highest BCUT2D eigenvalue weighted by Gasteiger charge is 2.32. The average molecular weight is 262 g/mol. The first-order chi connectivity index (χ1) is 9.13. The van der Waals surface area contributed by atoms with Crippen LogP contribution in [0.4, 0.5) is 5.69 Å². The van der Waals surface area contributed by atoms with Crippen LogP contribution in [-0.2, 0) is 14.4 Å². The van der Waals surface area contributed by atoms with Gasteiger partial charge in [0, 0.05) is 25.7 Å². The first kappa shape index (κ1) is 13.5. The summed E-state index contributed by atoms with van der Waals surface area (Å²) in [5.74, 6) is -0.429. The molecule has 0 aliphatic carbocycles. The van der Waals surface area contributed by atoms with Crippen molar-refractivity contribution in [1.29, 1.82) is 0 Å². The van der Waals surface area contributed by atoms with Gasteiger partial charge in [0.05, 0.1) is 13.0 Å². The summed E-state index contributed by atoms with van der Waals surface area (Å²) in [4.78, 5) is 30.7. The van der Waals surface area contributed by atoms with E-state index in [1.54, 1.807) is 11.9 Å². The maximum atomic E-state index is 12.1. The molecule has 102 valence electrons. The zero-order valence-electron chi connectivity index (χ0n) is 11.2. The van der Waals surface area contributed by atoms with Crippen molar-refractivity contribution in [3.8, 4) is 0 Å². The molecule has 0 saturated carbocycles. The zero-order valence-corrected chi connectivity index (χ0v) is 11.2. The fourth-order valence-corrected chi connectivity index (χ4v) is 2.27. The molecule has 5 heteroatoms. The van der Waals surface area contributed by atoms with E-state index < -0.39 is 0 Å². The van der Waals surface area contributed by atoms with Gasteiger partial charge in [0.2, 0.25) is 11.8 Å². The molecule has 1 aliphatic heterocycles. The van der Waals surface area contributed by atoms with Crippen LogP contribution in [0.15, 0.2) is 30.3 Å². The number of hydrogen-bond acceptors (Lipinski definition) is 3. The number of anilines is 1. The van der Waals surface area contributed by atoms with E-state index >= 15 is 0 Å². The number of nitrogens with zero attached hydrogens (tertiary/aromatic N) is 2. The summed E-state index contributed by atoms with van der Waals surface area (Å²) in [5.41, 5.74) is 0.887. The number of rotatable bonds is 3. The molecule has 2 amide bonds. The molecule has 0 radical (unpaired) electrons. The van der Waals surface area contributed by atoms with E-state index in [0.29, 0.717) is 13.0 Å². The standard InChI is InChI=1S/C14H18N2O3/c1-15(19-2)14(18)11-8-9-16(13(17)10-11)12-6-4-3-5-7-12/h3-7,11H,8-10H2,1-2H3. The first-order valence-electron chi connectivity index (χ1n) is 6.30. The first-order valence-corrected chi connectivity index (χ1v) is 6.30. The second-order valence-electron chi connectivity index (χ2n) is 4.59. The quantitative estimate of drug-likeness (QED) is 0.775. The predicted octanol–water partition coefficient (Wildman–Crippen LogP) is 1.45. The molecule has 1 unspecified atom stereocenters. The fourth-order valence-electron chi connectivity index (χ4n) is 2.27. The average Bonchev–Trinajstić information content (AvgIpc) is 2.46. The van der Waals surface area contributed by atoms with Crippen molar-refractivity contribution >= 4 is 17.5 Å². The number of benzene rings is 1. The third-order valence-corrected chi connectivity index (χ3v) is 3.42. The lowest BCUT2D eigenvalue weighted by molar-refractivity contribution is -0.174. The lowest BCUT2D eigenvalue weighted by Crippen LogP contribution is -2.44. The van der Waals surface area contributed by atoms with Crippen molar-refractivity contribution in [3.05, 3.63) is 30.3 Å². The summed E-state index contributed by atoms with van der Waals surface area (Å²) in [6.45, 7) is 0.566. The van der Waals surface area contributed by atoms with Crippen LogP contribution in [-0.4, -0.2) is 37.6 Å². The number of carbonyl (C=O) groups is 2. The molecule has 2 rings (SSSR count). The van der Waals surface area contributed by atoms with Crippen LogP contribution >= 0.6 is 0 Å². The molecule has 0 bridgehead atoms. The van der Waals surface area contributed by atoms with E-state index in [1.165, 1.54) is 12.2 Å². The van der Waals surface area contributed by atoms with Crippen LogP contribution < -0.4 is 4.90 Å². The Morgan fingerprint density at radius 3 is 2.63 bits per heavy atom. The number of piperidine rings is 1. The van der Waals surface area contributed by atoms with E-state index in [0.717, 1.165) is 5.69 Å². The van der Waals surface area contributed by atoms with Crippen molar-refractivity contribution in [1.82, 2.24) is 5.06 Å². The molecule has 5 nitrogen and oxygen atoms in total. The zero-order chi connectivity index (χ0) is 13.8. The second kappa shape index (κ2) is 5.84. The molecule has 1 saturated heterocycles. The normalized spacial score (nSPS) is 19.4. The summed E-state index contributed by atoms with van der Waals surface area (Å²) in [7, 11) is 3.01. The number of hydrogen-bond donors (Lipinski definition) is 0. The van der Waals surface area contributed by atoms with Crippen LogP contribution in [0.1, 0.15) is 12.8 Å². The van der Waals surface area contributed by atoms with E-state index in [4.69, 9.17) is 4.84 Å². The largest absolute Gasteiger partial charge is 0.312 e. The molecule has 0 aromatic heterocycles. The Bertz CT molecular complexity index is 461. The Hall–Kier alpha value is -1.88. The Balaban J connectivity index is 2.03. The minimum Gasteiger partial charge on any atom is -0.312 e. The highest BCUT2D eigenvalue weighted by molar-refractivity contribution is 5.97. The molecule has 1 aromatic rings. The monoisotopic (exact) mass is 262 g/mol. The van der Waals surface area contributed by atoms with Gasteiger partial charge >= 0.3 is 0 Å². The lowest BCUT2D eigenvalue weighted by atomic mass is 9.95. The van der Waals surface area contributed by atoms with Gasteiger partial charge in [-0.25, -0.2) is 5.06 Å². The molecular formula is C14H18N2O3. The van der Waals surface area contributed by atoms with Gasteiger partial charge in [-0.15, -0.1) is 0 Å². The van der Waals surface area contributed by atoms with Gasteiger partial charge in [0.25, 0.3) is 0 Å². The van der Waals surface area contributed by atoms with Crippen molar-refractivity contribution in [3.63, 3.8) is 0 Å². The van der Waals surface area contributed by atoms with E-state index in [9.17, 15) is 9.59 Å². The number of hydroxylamine groups is 2. The Kier molecular flexibility index (Phi) is 4.16. The van der Waals surface area contributed by atoms with Gasteiger partial charge in [0.15, 0.2) is 0 Å². The molecule has 1 aliphatic rings. The minimum atomic E-state index is -0.280. The maximum absolute atomic E-state index is 12.1. The Morgan fingerprint density at radius 1 is 1.37 bits per heavy atom. The van der Waals surface area contributed by atoms with Crippen LogP contribution in [0, 0.1) is 5.92 Å². The van der Waals surface area contributed by atoms with Crippen molar-refractivity contribution in [2.24, 2.45) is 5.92 Å². The molecule has 1 heterocycles. The second-order valence-corrected chi connectivity index (χ2v) is 4.59. The van der Waals surface area contributed by atoms with E-state index in [2.05, 4.69) is 0 Å². The van der Waals surface area contributed by atoms with E-state index in [-0.39, 0.29) is 24.2 Å². The van der Waals surface area contributed by atoms with Gasteiger partial charge in [0.1, 0.15) is 0 Å². The van der Waals surface area contributed by atoms with Crippen LogP contribution in [0.3, 0.4) is 0 Å². The highest BCUT2D eigenvalue weighted by atomic mass is 16.7. The Morgan fingerprint density at radius 2 is 2.05 bits per heavy atom. The van der Waals surface area contributed by atoms with Crippen LogP contribution in [0.25, 0.3) is 0 Å². The van der Waals surface area contributed by atoms with Gasteiger partial charge in [-0.2, -0.15) is 0 Å². The lowest BCUT2D eigenvalue weighted by Gasteiger charge is -2.32. The van der Waals surface area contributed by atoms with Crippen molar-refractivity contribution < 1.29 is 14.4 Å². The topological polar surface area (TPSA) is 49.9 Å². The van der Waals surface area contributed by atoms with Gasteiger partial charge in [-0.1, -0.05) is 18.2 Å². The Labute approximate surface area is 112 Å². The summed E-state index contributed by atoms with van der Waals surface area (Å²) in [6, 6.07) is 9.53. The minimum absolute atomic E-state index is 0.0136. The number of carbonyl (C=O) groups excluding carboxylic acids is 2. The molecular weight excluding hydrogens is 244 g/mol. The SMILES string of the molecule is CON(C)C(=O)C1CCN(c2ccccc2)C(=O)C1. The molecule has 0 N–H and O–H groups in total. The molecule has 1 aromatic carbocycles. The van der Waals surface area contributed by atoms with Crippen LogP contribution in [0.2, 0.25) is 0 Å². The number of amides is 2. The number of para-hydroxylation sites is 1. The van der Waals surface area contributed by atoms with Gasteiger partial charge in [-0.3, -0.25) is 14.4 Å². The summed E-state index contributed by atoms with van der Waals surface area (Å²) < 4.78 is 0. The summed E-state index contributed by atoms with van der Waals surface area (Å²) in [6.07, 6.45) is 0.897. The fraction of sp³-hybridized carbons (Fsp3) is 0.429. The molecule has 0 spiro atoms. The predicted molar refractivity (Wildman–Crippen MR) is 71.3 cm³/mol.